The zero-order valence-corrected chi connectivity index (χ0v) is 9.30. The molecule has 1 aromatic rings. The molecule has 1 unspecified atom stereocenters. The van der Waals surface area contributed by atoms with Gasteiger partial charge in [-0.1, -0.05) is 0 Å². The summed E-state index contributed by atoms with van der Waals surface area (Å²) in [4.78, 5) is 1.23. The van der Waals surface area contributed by atoms with Crippen molar-refractivity contribution >= 4 is 11.8 Å². The van der Waals surface area contributed by atoms with Crippen LogP contribution in [0.5, 0.6) is 5.75 Å². The molecule has 4 heteroatoms. The van der Waals surface area contributed by atoms with Crippen LogP contribution in [-0.2, 0) is 0 Å². The maximum absolute atomic E-state index is 5.30. The van der Waals surface area contributed by atoms with Gasteiger partial charge < -0.3 is 4.74 Å². The summed E-state index contributed by atoms with van der Waals surface area (Å²) < 4.78 is 5.07. The second-order valence-corrected chi connectivity index (χ2v) is 4.15. The summed E-state index contributed by atoms with van der Waals surface area (Å²) in [6, 6.07) is 8.34. The highest BCUT2D eigenvalue weighted by Crippen LogP contribution is 2.21. The fraction of sp³-hybridized carbons (Fsp3) is 0.400. The number of thioether (sulfide) groups is 1. The van der Waals surface area contributed by atoms with Crippen LogP contribution in [-0.4, -0.2) is 18.9 Å². The molecule has 78 valence electrons. The van der Waals surface area contributed by atoms with E-state index in [1.807, 2.05) is 24.3 Å². The second kappa shape index (κ2) is 5.90. The van der Waals surface area contributed by atoms with Gasteiger partial charge in [0.25, 0.3) is 0 Å². The summed E-state index contributed by atoms with van der Waals surface area (Å²) in [7, 11) is 1.67. The Morgan fingerprint density at radius 2 is 2.07 bits per heavy atom. The van der Waals surface area contributed by atoms with Gasteiger partial charge in [0.15, 0.2) is 0 Å². The van der Waals surface area contributed by atoms with Gasteiger partial charge in [-0.25, -0.2) is 0 Å². The van der Waals surface area contributed by atoms with E-state index in [1.54, 1.807) is 18.9 Å². The van der Waals surface area contributed by atoms with Crippen LogP contribution < -0.4 is 16.0 Å². The molecule has 3 nitrogen and oxygen atoms in total. The number of rotatable bonds is 5. The Labute approximate surface area is 89.0 Å². The Kier molecular flexibility index (Phi) is 4.79. The number of ether oxygens (including phenoxy) is 1. The van der Waals surface area contributed by atoms with Crippen LogP contribution >= 0.6 is 11.8 Å². The highest BCUT2D eigenvalue weighted by Gasteiger charge is 2.00. The Morgan fingerprint density at radius 1 is 1.43 bits per heavy atom. The third-order valence-electron chi connectivity index (χ3n) is 1.84. The molecule has 1 aromatic carbocycles. The van der Waals surface area contributed by atoms with Crippen molar-refractivity contribution in [3.05, 3.63) is 24.3 Å². The predicted molar refractivity (Wildman–Crippen MR) is 60.5 cm³/mol. The zero-order chi connectivity index (χ0) is 10.4. The van der Waals surface area contributed by atoms with Crippen LogP contribution in [0.25, 0.3) is 0 Å². The first-order valence-corrected chi connectivity index (χ1v) is 5.48. The number of nitrogens with one attached hydrogen (secondary N) is 1. The first-order chi connectivity index (χ1) is 6.76. The normalized spacial score (nSPS) is 12.5. The minimum absolute atomic E-state index is 0.321. The molecule has 0 fully saturated rings. The van der Waals surface area contributed by atoms with Crippen molar-refractivity contribution in [3.63, 3.8) is 0 Å². The van der Waals surface area contributed by atoms with Crippen LogP contribution in [0.2, 0.25) is 0 Å². The van der Waals surface area contributed by atoms with Crippen molar-refractivity contribution in [2.75, 3.05) is 12.9 Å². The molecule has 0 aliphatic carbocycles. The van der Waals surface area contributed by atoms with Crippen molar-refractivity contribution < 1.29 is 4.74 Å². The third-order valence-corrected chi connectivity index (χ3v) is 3.12. The molecule has 1 atom stereocenters. The minimum atomic E-state index is 0.321. The standard InChI is InChI=1S/C10H16N2OS/c1-8(12-11)7-14-10-5-3-9(13-2)4-6-10/h3-6,8,12H,7,11H2,1-2H3. The third kappa shape index (κ3) is 3.57. The fourth-order valence-electron chi connectivity index (χ4n) is 0.941. The van der Waals surface area contributed by atoms with Gasteiger partial charge in [0, 0.05) is 16.7 Å². The lowest BCUT2D eigenvalue weighted by atomic mass is 10.3. The van der Waals surface area contributed by atoms with E-state index >= 15 is 0 Å². The monoisotopic (exact) mass is 212 g/mol. The van der Waals surface area contributed by atoms with Crippen LogP contribution in [0.4, 0.5) is 0 Å². The second-order valence-electron chi connectivity index (χ2n) is 3.05. The number of hydrogen-bond acceptors (Lipinski definition) is 4. The average Bonchev–Trinajstić information content (AvgIpc) is 2.26. The Balaban J connectivity index is 2.43. The van der Waals surface area contributed by atoms with Crippen molar-refractivity contribution in [3.8, 4) is 5.75 Å². The molecule has 0 aromatic heterocycles. The van der Waals surface area contributed by atoms with Crippen LogP contribution in [0.3, 0.4) is 0 Å². The molecule has 14 heavy (non-hydrogen) atoms. The molecular weight excluding hydrogens is 196 g/mol. The van der Waals surface area contributed by atoms with Crippen molar-refractivity contribution in [2.24, 2.45) is 5.84 Å². The molecule has 0 amide bonds. The summed E-state index contributed by atoms with van der Waals surface area (Å²) in [5.41, 5.74) is 2.71. The SMILES string of the molecule is COc1ccc(SCC(C)NN)cc1. The molecule has 0 heterocycles. The number of nitrogens with two attached hydrogens (primary N) is 1. The molecule has 0 bridgehead atoms. The lowest BCUT2D eigenvalue weighted by molar-refractivity contribution is 0.414. The number of hydrazine groups is 1. The number of hydrogen-bond donors (Lipinski definition) is 2. The largest absolute Gasteiger partial charge is 0.497 e. The molecule has 0 radical (unpaired) electrons. The number of methoxy groups -OCH3 is 1. The molecule has 0 aliphatic rings. The Bertz CT molecular complexity index is 263. The highest BCUT2D eigenvalue weighted by molar-refractivity contribution is 7.99. The Hall–Kier alpha value is -0.710. The van der Waals surface area contributed by atoms with Crippen molar-refractivity contribution in [1.29, 1.82) is 0 Å². The van der Waals surface area contributed by atoms with Gasteiger partial charge in [-0.3, -0.25) is 11.3 Å². The van der Waals surface area contributed by atoms with E-state index in [1.165, 1.54) is 4.90 Å². The quantitative estimate of drug-likeness (QED) is 0.442. The molecule has 1 rings (SSSR count). The summed E-state index contributed by atoms with van der Waals surface area (Å²) in [6.07, 6.45) is 0. The van der Waals surface area contributed by atoms with E-state index < -0.39 is 0 Å². The topological polar surface area (TPSA) is 47.3 Å². The molecule has 0 spiro atoms. The zero-order valence-electron chi connectivity index (χ0n) is 8.49. The average molecular weight is 212 g/mol. The maximum atomic E-state index is 5.30. The molecule has 0 saturated heterocycles. The van der Waals surface area contributed by atoms with Gasteiger partial charge in [-0.05, 0) is 31.2 Å². The minimum Gasteiger partial charge on any atom is -0.497 e. The van der Waals surface area contributed by atoms with E-state index in [2.05, 4.69) is 12.3 Å². The Morgan fingerprint density at radius 3 is 2.57 bits per heavy atom. The van der Waals surface area contributed by atoms with Crippen molar-refractivity contribution in [2.45, 2.75) is 17.9 Å². The van der Waals surface area contributed by atoms with Gasteiger partial charge >= 0.3 is 0 Å². The molecular formula is C10H16N2OS. The summed E-state index contributed by atoms with van der Waals surface area (Å²) >= 11 is 1.77. The van der Waals surface area contributed by atoms with Gasteiger partial charge in [-0.15, -0.1) is 11.8 Å². The van der Waals surface area contributed by atoms with E-state index in [-0.39, 0.29) is 0 Å². The molecule has 3 N–H and O–H groups in total. The molecule has 0 aliphatic heterocycles. The lowest BCUT2D eigenvalue weighted by Crippen LogP contribution is -2.34. The smallest absolute Gasteiger partial charge is 0.118 e. The first kappa shape index (κ1) is 11.4. The summed E-state index contributed by atoms with van der Waals surface area (Å²) in [5, 5.41) is 0. The maximum Gasteiger partial charge on any atom is 0.118 e. The first-order valence-electron chi connectivity index (χ1n) is 4.49. The summed E-state index contributed by atoms with van der Waals surface area (Å²) in [5.74, 6) is 7.15. The van der Waals surface area contributed by atoms with Crippen LogP contribution in [0.15, 0.2) is 29.2 Å². The fourth-order valence-corrected chi connectivity index (χ4v) is 1.81. The highest BCUT2D eigenvalue weighted by atomic mass is 32.2. The van der Waals surface area contributed by atoms with E-state index in [4.69, 9.17) is 10.6 Å². The van der Waals surface area contributed by atoms with Gasteiger partial charge in [0.2, 0.25) is 0 Å². The van der Waals surface area contributed by atoms with Crippen LogP contribution in [0, 0.1) is 0 Å². The summed E-state index contributed by atoms with van der Waals surface area (Å²) in [6.45, 7) is 2.05. The predicted octanol–water partition coefficient (Wildman–Crippen LogP) is 1.64. The molecule has 0 saturated carbocycles. The number of benzene rings is 1. The van der Waals surface area contributed by atoms with E-state index in [0.29, 0.717) is 6.04 Å². The van der Waals surface area contributed by atoms with Gasteiger partial charge in [0.1, 0.15) is 5.75 Å². The van der Waals surface area contributed by atoms with Crippen molar-refractivity contribution in [1.82, 2.24) is 5.43 Å². The van der Waals surface area contributed by atoms with E-state index in [0.717, 1.165) is 11.5 Å². The van der Waals surface area contributed by atoms with Crippen LogP contribution in [0.1, 0.15) is 6.92 Å². The van der Waals surface area contributed by atoms with E-state index in [9.17, 15) is 0 Å². The lowest BCUT2D eigenvalue weighted by Gasteiger charge is -2.09. The van der Waals surface area contributed by atoms with Gasteiger partial charge in [0.05, 0.1) is 7.11 Å². The van der Waals surface area contributed by atoms with Gasteiger partial charge in [-0.2, -0.15) is 0 Å².